The molecule has 1 atom stereocenters. The molecule has 1 aromatic rings. The van der Waals surface area contributed by atoms with Crippen LogP contribution in [0.15, 0.2) is 30.3 Å². The van der Waals surface area contributed by atoms with Crippen LogP contribution in [0.3, 0.4) is 0 Å². The van der Waals surface area contributed by atoms with E-state index < -0.39 is 0 Å². The molecule has 1 heterocycles. The summed E-state index contributed by atoms with van der Waals surface area (Å²) in [7, 11) is 0. The number of hydrogen-bond donors (Lipinski definition) is 0. The smallest absolute Gasteiger partial charge is 0.229 e. The fourth-order valence-corrected chi connectivity index (χ4v) is 1.94. The summed E-state index contributed by atoms with van der Waals surface area (Å²) in [5.41, 5.74) is 2.25. The van der Waals surface area contributed by atoms with Crippen LogP contribution in [0.5, 0.6) is 5.75 Å². The third-order valence-corrected chi connectivity index (χ3v) is 2.85. The Morgan fingerprint density at radius 1 is 1.28 bits per heavy atom. The molecule has 98 valence electrons. The highest BCUT2D eigenvalue weighted by Gasteiger charge is 2.28. The number of hydrogen-bond acceptors (Lipinski definition) is 3. The Morgan fingerprint density at radius 3 is 2.89 bits per heavy atom. The van der Waals surface area contributed by atoms with Crippen molar-refractivity contribution in [1.82, 2.24) is 0 Å². The van der Waals surface area contributed by atoms with Crippen molar-refractivity contribution in [2.24, 2.45) is 0 Å². The second kappa shape index (κ2) is 6.57. The van der Waals surface area contributed by atoms with Gasteiger partial charge in [-0.2, -0.15) is 0 Å². The van der Waals surface area contributed by atoms with Gasteiger partial charge in [0, 0.05) is 17.7 Å². The lowest BCUT2D eigenvalue weighted by molar-refractivity contribution is -0.124. The van der Waals surface area contributed by atoms with Crippen molar-refractivity contribution in [2.45, 2.75) is 33.0 Å². The summed E-state index contributed by atoms with van der Waals surface area (Å²) in [5, 5.41) is 0. The predicted molar refractivity (Wildman–Crippen MR) is 71.3 cm³/mol. The Morgan fingerprint density at radius 2 is 2.11 bits per heavy atom. The highest BCUT2D eigenvalue weighted by molar-refractivity contribution is 5.76. The molecule has 3 heteroatoms. The van der Waals surface area contributed by atoms with Crippen molar-refractivity contribution in [3.05, 3.63) is 35.9 Å². The molecule has 0 saturated carbocycles. The SMILES string of the molecule is CCC/C=C1\c2ccccc2OC1OCOCC. The van der Waals surface area contributed by atoms with E-state index in [2.05, 4.69) is 19.1 Å². The van der Waals surface area contributed by atoms with Crippen LogP contribution in [0, 0.1) is 0 Å². The molecule has 0 bridgehead atoms. The van der Waals surface area contributed by atoms with Gasteiger partial charge in [-0.3, -0.25) is 0 Å². The predicted octanol–water partition coefficient (Wildman–Crippen LogP) is 3.60. The van der Waals surface area contributed by atoms with E-state index >= 15 is 0 Å². The third-order valence-electron chi connectivity index (χ3n) is 2.85. The van der Waals surface area contributed by atoms with Crippen LogP contribution < -0.4 is 4.74 Å². The molecule has 1 aliphatic rings. The molecular weight excluding hydrogens is 228 g/mol. The zero-order valence-electron chi connectivity index (χ0n) is 11.0. The Kier molecular flexibility index (Phi) is 4.79. The quantitative estimate of drug-likeness (QED) is 0.568. The minimum Gasteiger partial charge on any atom is -0.460 e. The number of rotatable bonds is 6. The molecule has 0 N–H and O–H groups in total. The summed E-state index contributed by atoms with van der Waals surface area (Å²) >= 11 is 0. The molecule has 3 nitrogen and oxygen atoms in total. The zero-order valence-corrected chi connectivity index (χ0v) is 11.0. The van der Waals surface area contributed by atoms with E-state index in [-0.39, 0.29) is 13.1 Å². The van der Waals surface area contributed by atoms with Crippen molar-refractivity contribution in [3.8, 4) is 5.75 Å². The van der Waals surface area contributed by atoms with E-state index in [0.29, 0.717) is 6.61 Å². The Hall–Kier alpha value is -1.32. The van der Waals surface area contributed by atoms with Crippen molar-refractivity contribution < 1.29 is 14.2 Å². The van der Waals surface area contributed by atoms with E-state index in [1.165, 1.54) is 0 Å². The molecule has 0 fully saturated rings. The Bertz CT molecular complexity index is 412. The molecule has 0 spiro atoms. The molecule has 18 heavy (non-hydrogen) atoms. The summed E-state index contributed by atoms with van der Waals surface area (Å²) in [5.74, 6) is 0.890. The summed E-state index contributed by atoms with van der Waals surface area (Å²) in [6.07, 6.45) is 4.01. The molecule has 0 radical (unpaired) electrons. The summed E-state index contributed by atoms with van der Waals surface area (Å²) < 4.78 is 16.6. The van der Waals surface area contributed by atoms with Crippen LogP contribution in [-0.2, 0) is 9.47 Å². The standard InChI is InChI=1S/C15H20O3/c1-3-5-8-13-12-9-6-7-10-14(12)18-15(13)17-11-16-4-2/h6-10,15H,3-5,11H2,1-2H3/b13-8+. The minimum absolute atomic E-state index is 0.263. The first kappa shape index (κ1) is 13.1. The van der Waals surface area contributed by atoms with E-state index in [1.807, 2.05) is 25.1 Å². The number of fused-ring (bicyclic) bond motifs is 1. The van der Waals surface area contributed by atoms with Gasteiger partial charge in [-0.05, 0) is 19.4 Å². The third kappa shape index (κ3) is 2.92. The fourth-order valence-electron chi connectivity index (χ4n) is 1.94. The van der Waals surface area contributed by atoms with Crippen LogP contribution >= 0.6 is 0 Å². The van der Waals surface area contributed by atoms with Gasteiger partial charge in [-0.1, -0.05) is 37.6 Å². The first-order valence-corrected chi connectivity index (χ1v) is 6.52. The lowest BCUT2D eigenvalue weighted by atomic mass is 10.1. The Balaban J connectivity index is 2.12. The van der Waals surface area contributed by atoms with Crippen molar-refractivity contribution in [2.75, 3.05) is 13.4 Å². The molecular formula is C15H20O3. The second-order valence-electron chi connectivity index (χ2n) is 4.17. The van der Waals surface area contributed by atoms with E-state index in [1.54, 1.807) is 0 Å². The lowest BCUT2D eigenvalue weighted by Gasteiger charge is -2.13. The molecule has 1 aliphatic heterocycles. The molecule has 0 aliphatic carbocycles. The van der Waals surface area contributed by atoms with Crippen LogP contribution in [0.4, 0.5) is 0 Å². The number of ether oxygens (including phenoxy) is 3. The molecule has 1 aromatic carbocycles. The lowest BCUT2D eigenvalue weighted by Crippen LogP contribution is -2.18. The van der Waals surface area contributed by atoms with Gasteiger partial charge in [0.2, 0.25) is 6.29 Å². The van der Waals surface area contributed by atoms with Gasteiger partial charge in [0.05, 0.1) is 0 Å². The maximum absolute atomic E-state index is 5.79. The van der Waals surface area contributed by atoms with Gasteiger partial charge in [-0.25, -0.2) is 0 Å². The van der Waals surface area contributed by atoms with Gasteiger partial charge in [0.1, 0.15) is 5.75 Å². The summed E-state index contributed by atoms with van der Waals surface area (Å²) in [6, 6.07) is 8.04. The van der Waals surface area contributed by atoms with Gasteiger partial charge < -0.3 is 14.2 Å². The molecule has 2 rings (SSSR count). The number of benzene rings is 1. The van der Waals surface area contributed by atoms with Gasteiger partial charge >= 0.3 is 0 Å². The monoisotopic (exact) mass is 248 g/mol. The highest BCUT2D eigenvalue weighted by atomic mass is 16.7. The number of para-hydroxylation sites is 1. The van der Waals surface area contributed by atoms with Crippen molar-refractivity contribution in [3.63, 3.8) is 0 Å². The van der Waals surface area contributed by atoms with Gasteiger partial charge in [0.25, 0.3) is 0 Å². The average molecular weight is 248 g/mol. The fraction of sp³-hybridized carbons (Fsp3) is 0.467. The summed E-state index contributed by atoms with van der Waals surface area (Å²) in [4.78, 5) is 0. The van der Waals surface area contributed by atoms with Crippen LogP contribution in [0.1, 0.15) is 32.3 Å². The average Bonchev–Trinajstić information content (AvgIpc) is 2.74. The first-order chi connectivity index (χ1) is 8.86. The van der Waals surface area contributed by atoms with Crippen molar-refractivity contribution >= 4 is 5.57 Å². The van der Waals surface area contributed by atoms with Crippen LogP contribution in [0.2, 0.25) is 0 Å². The molecule has 1 unspecified atom stereocenters. The Labute approximate surface area is 108 Å². The first-order valence-electron chi connectivity index (χ1n) is 6.52. The molecule has 0 amide bonds. The maximum atomic E-state index is 5.79. The van der Waals surface area contributed by atoms with Crippen LogP contribution in [-0.4, -0.2) is 19.7 Å². The van der Waals surface area contributed by atoms with Crippen LogP contribution in [0.25, 0.3) is 5.57 Å². The zero-order chi connectivity index (χ0) is 12.8. The summed E-state index contributed by atoms with van der Waals surface area (Å²) in [6.45, 7) is 5.02. The maximum Gasteiger partial charge on any atom is 0.229 e. The minimum atomic E-state index is -0.333. The van der Waals surface area contributed by atoms with E-state index in [4.69, 9.17) is 14.2 Å². The van der Waals surface area contributed by atoms with Gasteiger partial charge in [-0.15, -0.1) is 0 Å². The number of allylic oxidation sites excluding steroid dienone is 1. The highest BCUT2D eigenvalue weighted by Crippen LogP contribution is 2.38. The second-order valence-corrected chi connectivity index (χ2v) is 4.17. The van der Waals surface area contributed by atoms with E-state index in [0.717, 1.165) is 29.7 Å². The largest absolute Gasteiger partial charge is 0.460 e. The van der Waals surface area contributed by atoms with E-state index in [9.17, 15) is 0 Å². The number of unbranched alkanes of at least 4 members (excludes halogenated alkanes) is 1. The van der Waals surface area contributed by atoms with Crippen molar-refractivity contribution in [1.29, 1.82) is 0 Å². The van der Waals surface area contributed by atoms with Gasteiger partial charge in [0.15, 0.2) is 6.79 Å². The molecule has 0 aromatic heterocycles. The topological polar surface area (TPSA) is 27.7 Å². The normalized spacial score (nSPS) is 19.9. The molecule has 0 saturated heterocycles.